The summed E-state index contributed by atoms with van der Waals surface area (Å²) >= 11 is 6.78. The molecule has 0 aliphatic rings. The predicted molar refractivity (Wildman–Crippen MR) is 87.3 cm³/mol. The van der Waals surface area contributed by atoms with Gasteiger partial charge in [0.15, 0.2) is 0 Å². The van der Waals surface area contributed by atoms with E-state index in [0.717, 1.165) is 6.42 Å². The fourth-order valence-electron chi connectivity index (χ4n) is 2.28. The van der Waals surface area contributed by atoms with Gasteiger partial charge in [-0.05, 0) is 40.4 Å². The van der Waals surface area contributed by atoms with Gasteiger partial charge in [-0.2, -0.15) is 0 Å². The van der Waals surface area contributed by atoms with Gasteiger partial charge < -0.3 is 0 Å². The van der Waals surface area contributed by atoms with E-state index in [1.165, 1.54) is 16.7 Å². The molecule has 0 bridgehead atoms. The van der Waals surface area contributed by atoms with Crippen LogP contribution in [0.3, 0.4) is 0 Å². The molecule has 1 aromatic rings. The lowest BCUT2D eigenvalue weighted by molar-refractivity contribution is 0.335. The molecule has 0 amide bonds. The highest BCUT2D eigenvalue weighted by Gasteiger charge is 2.29. The maximum absolute atomic E-state index is 6.78. The number of alkyl halides is 1. The van der Waals surface area contributed by atoms with Crippen molar-refractivity contribution in [3.8, 4) is 0 Å². The van der Waals surface area contributed by atoms with Crippen molar-refractivity contribution in [3.05, 3.63) is 34.9 Å². The van der Waals surface area contributed by atoms with Crippen molar-refractivity contribution in [1.29, 1.82) is 0 Å². The molecular weight excluding hydrogens is 252 g/mol. The van der Waals surface area contributed by atoms with Gasteiger partial charge in [0.1, 0.15) is 0 Å². The van der Waals surface area contributed by atoms with Crippen molar-refractivity contribution < 1.29 is 0 Å². The molecule has 108 valence electrons. The smallest absolute Gasteiger partial charge is 0.0638 e. The molecule has 0 N–H and O–H groups in total. The fraction of sp³-hybridized carbons (Fsp3) is 0.667. The van der Waals surface area contributed by atoms with Crippen LogP contribution in [0, 0.1) is 5.41 Å². The number of rotatable bonds is 5. The van der Waals surface area contributed by atoms with Crippen molar-refractivity contribution in [2.45, 2.75) is 72.1 Å². The number of hydrogen-bond donors (Lipinski definition) is 0. The van der Waals surface area contributed by atoms with Gasteiger partial charge in [0, 0.05) is 0 Å². The van der Waals surface area contributed by atoms with Crippen LogP contribution < -0.4 is 0 Å². The average molecular weight is 281 g/mol. The Labute approximate surface area is 124 Å². The first-order chi connectivity index (χ1) is 8.70. The summed E-state index contributed by atoms with van der Waals surface area (Å²) in [5.41, 5.74) is 4.26. The zero-order valence-corrected chi connectivity index (χ0v) is 14.3. The van der Waals surface area contributed by atoms with Crippen LogP contribution in [0.1, 0.15) is 88.8 Å². The Bertz CT molecular complexity index is 416. The third kappa shape index (κ3) is 3.75. The van der Waals surface area contributed by atoms with Gasteiger partial charge in [0.2, 0.25) is 0 Å². The molecule has 19 heavy (non-hydrogen) atoms. The van der Waals surface area contributed by atoms with E-state index in [1.54, 1.807) is 0 Å². The number of halogens is 1. The van der Waals surface area contributed by atoms with Gasteiger partial charge in [0.05, 0.1) is 5.38 Å². The topological polar surface area (TPSA) is 0 Å². The molecular formula is C18H29Cl. The highest BCUT2D eigenvalue weighted by atomic mass is 35.5. The van der Waals surface area contributed by atoms with Crippen LogP contribution in [-0.4, -0.2) is 0 Å². The van der Waals surface area contributed by atoms with Crippen molar-refractivity contribution in [2.75, 3.05) is 0 Å². The van der Waals surface area contributed by atoms with E-state index in [0.29, 0.717) is 11.8 Å². The minimum Gasteiger partial charge on any atom is -0.117 e. The van der Waals surface area contributed by atoms with Gasteiger partial charge >= 0.3 is 0 Å². The van der Waals surface area contributed by atoms with E-state index in [4.69, 9.17) is 11.6 Å². The Morgan fingerprint density at radius 3 is 2.00 bits per heavy atom. The molecule has 1 rings (SSSR count). The molecule has 0 nitrogen and oxygen atoms in total. The third-order valence-electron chi connectivity index (χ3n) is 4.27. The summed E-state index contributed by atoms with van der Waals surface area (Å²) in [6.45, 7) is 15.7. The summed E-state index contributed by atoms with van der Waals surface area (Å²) in [6.07, 6.45) is 1.09. The number of hydrogen-bond acceptors (Lipinski definition) is 0. The van der Waals surface area contributed by atoms with Gasteiger partial charge in [0.25, 0.3) is 0 Å². The highest BCUT2D eigenvalue weighted by Crippen LogP contribution is 2.44. The molecule has 0 fully saturated rings. The van der Waals surface area contributed by atoms with E-state index in [9.17, 15) is 0 Å². The monoisotopic (exact) mass is 280 g/mol. The minimum absolute atomic E-state index is 0.0797. The molecule has 1 atom stereocenters. The lowest BCUT2D eigenvalue weighted by Crippen LogP contribution is -2.18. The molecule has 0 radical (unpaired) electrons. The van der Waals surface area contributed by atoms with E-state index in [2.05, 4.69) is 66.7 Å². The standard InChI is InChI=1S/C18H29Cl/c1-8-18(6,7)17(19)15-10-9-14(12(2)3)11-16(15)13(4)5/h9-13,17H,8H2,1-7H3. The van der Waals surface area contributed by atoms with Gasteiger partial charge in [-0.15, -0.1) is 11.6 Å². The highest BCUT2D eigenvalue weighted by molar-refractivity contribution is 6.21. The van der Waals surface area contributed by atoms with Crippen LogP contribution in [0.2, 0.25) is 0 Å². The SMILES string of the molecule is CCC(C)(C)C(Cl)c1ccc(C(C)C)cc1C(C)C. The molecule has 0 saturated carbocycles. The average Bonchev–Trinajstić information content (AvgIpc) is 2.36. The number of benzene rings is 1. The van der Waals surface area contributed by atoms with Crippen molar-refractivity contribution >= 4 is 11.6 Å². The molecule has 0 aliphatic heterocycles. The van der Waals surface area contributed by atoms with Gasteiger partial charge in [-0.1, -0.05) is 66.7 Å². The molecule has 1 unspecified atom stereocenters. The second-order valence-electron chi connectivity index (χ2n) is 6.90. The Morgan fingerprint density at radius 1 is 1.00 bits per heavy atom. The summed E-state index contributed by atoms with van der Waals surface area (Å²) in [4.78, 5) is 0. The molecule has 0 aromatic heterocycles. The van der Waals surface area contributed by atoms with E-state index >= 15 is 0 Å². The van der Waals surface area contributed by atoms with Gasteiger partial charge in [-0.3, -0.25) is 0 Å². The van der Waals surface area contributed by atoms with Crippen molar-refractivity contribution in [3.63, 3.8) is 0 Å². The van der Waals surface area contributed by atoms with E-state index < -0.39 is 0 Å². The Balaban J connectivity index is 3.28. The first-order valence-corrected chi connectivity index (χ1v) is 7.92. The summed E-state index contributed by atoms with van der Waals surface area (Å²) in [6, 6.07) is 6.85. The summed E-state index contributed by atoms with van der Waals surface area (Å²) in [5, 5.41) is 0.0797. The van der Waals surface area contributed by atoms with Crippen LogP contribution >= 0.6 is 11.6 Å². The molecule has 1 heteroatoms. The van der Waals surface area contributed by atoms with Gasteiger partial charge in [-0.25, -0.2) is 0 Å². The maximum atomic E-state index is 6.78. The Morgan fingerprint density at radius 2 is 1.58 bits per heavy atom. The maximum Gasteiger partial charge on any atom is 0.0638 e. The summed E-state index contributed by atoms with van der Waals surface area (Å²) in [7, 11) is 0. The molecule has 1 aromatic carbocycles. The summed E-state index contributed by atoms with van der Waals surface area (Å²) < 4.78 is 0. The third-order valence-corrected chi connectivity index (χ3v) is 5.10. The lowest BCUT2D eigenvalue weighted by Gasteiger charge is -2.31. The molecule has 0 spiro atoms. The lowest BCUT2D eigenvalue weighted by atomic mass is 9.79. The Hall–Kier alpha value is -0.490. The van der Waals surface area contributed by atoms with Crippen molar-refractivity contribution in [2.24, 2.45) is 5.41 Å². The van der Waals surface area contributed by atoms with Crippen LogP contribution in [-0.2, 0) is 0 Å². The first kappa shape index (κ1) is 16.6. The fourth-order valence-corrected chi connectivity index (χ4v) is 2.64. The van der Waals surface area contributed by atoms with Crippen LogP contribution in [0.25, 0.3) is 0 Å². The molecule has 0 heterocycles. The largest absolute Gasteiger partial charge is 0.117 e. The van der Waals surface area contributed by atoms with Crippen molar-refractivity contribution in [1.82, 2.24) is 0 Å². The minimum atomic E-state index is 0.0797. The molecule has 0 aliphatic carbocycles. The van der Waals surface area contributed by atoms with E-state index in [1.807, 2.05) is 0 Å². The zero-order valence-electron chi connectivity index (χ0n) is 13.5. The molecule has 0 saturated heterocycles. The second kappa shape index (κ2) is 6.31. The van der Waals surface area contributed by atoms with Crippen LogP contribution in [0.4, 0.5) is 0 Å². The summed E-state index contributed by atoms with van der Waals surface area (Å²) in [5.74, 6) is 1.09. The normalized spacial score (nSPS) is 14.2. The predicted octanol–water partition coefficient (Wildman–Crippen LogP) is 6.65. The second-order valence-corrected chi connectivity index (χ2v) is 7.34. The Kier molecular flexibility index (Phi) is 5.50. The first-order valence-electron chi connectivity index (χ1n) is 7.48. The van der Waals surface area contributed by atoms with Crippen LogP contribution in [0.5, 0.6) is 0 Å². The van der Waals surface area contributed by atoms with Crippen LogP contribution in [0.15, 0.2) is 18.2 Å². The zero-order chi connectivity index (χ0) is 14.8. The quantitative estimate of drug-likeness (QED) is 0.530. The van der Waals surface area contributed by atoms with E-state index in [-0.39, 0.29) is 10.8 Å².